The second-order valence-electron chi connectivity index (χ2n) is 7.89. The van der Waals surface area contributed by atoms with Gasteiger partial charge in [-0.1, -0.05) is 39.3 Å². The van der Waals surface area contributed by atoms with Gasteiger partial charge in [-0.3, -0.25) is 4.99 Å². The Bertz CT molecular complexity index is 797. The number of hydrogen-bond donors (Lipinski definition) is 3. The summed E-state index contributed by atoms with van der Waals surface area (Å²) in [5, 5.41) is 7.79. The first-order valence-electron chi connectivity index (χ1n) is 9.32. The molecule has 2 rings (SSSR count). The van der Waals surface area contributed by atoms with E-state index in [0.717, 1.165) is 24.0 Å². The van der Waals surface area contributed by atoms with Gasteiger partial charge in [-0.05, 0) is 41.2 Å². The Morgan fingerprint density at radius 3 is 2.50 bits per heavy atom. The third-order valence-electron chi connectivity index (χ3n) is 6.12. The Morgan fingerprint density at radius 1 is 1.36 bits per heavy atom. The van der Waals surface area contributed by atoms with Crippen LogP contribution in [-0.4, -0.2) is 25.7 Å². The van der Waals surface area contributed by atoms with E-state index in [1.165, 1.54) is 19.5 Å². The first-order valence-corrected chi connectivity index (χ1v) is 9.77. The van der Waals surface area contributed by atoms with Crippen molar-refractivity contribution >= 4 is 25.1 Å². The lowest BCUT2D eigenvalue weighted by atomic mass is 9.50. The van der Waals surface area contributed by atoms with Gasteiger partial charge < -0.3 is 11.1 Å². The van der Waals surface area contributed by atoms with E-state index in [2.05, 4.69) is 24.5 Å². The van der Waals surface area contributed by atoms with Crippen molar-refractivity contribution in [3.63, 3.8) is 0 Å². The average Bonchev–Trinajstić information content (AvgIpc) is 2.57. The van der Waals surface area contributed by atoms with Gasteiger partial charge >= 0.3 is 6.18 Å². The average molecular weight is 412 g/mol. The lowest BCUT2D eigenvalue weighted by Crippen LogP contribution is -2.46. The van der Waals surface area contributed by atoms with Crippen molar-refractivity contribution < 1.29 is 13.2 Å². The summed E-state index contributed by atoms with van der Waals surface area (Å²) in [6, 6.07) is 5.66. The molecule has 0 aliphatic heterocycles. The maximum atomic E-state index is 13.4. The van der Waals surface area contributed by atoms with Gasteiger partial charge in [-0.15, -0.1) is 12.6 Å². The molecule has 0 bridgehead atoms. The zero-order chi connectivity index (χ0) is 21.3. The summed E-state index contributed by atoms with van der Waals surface area (Å²) in [4.78, 5) is 4.55. The Balaban J connectivity index is 2.59. The Labute approximate surface area is 170 Å². The number of alkyl halides is 3. The van der Waals surface area contributed by atoms with E-state index in [4.69, 9.17) is 11.1 Å². The molecule has 0 heterocycles. The highest BCUT2D eigenvalue weighted by Crippen LogP contribution is 2.59. The molecule has 7 heteroatoms. The van der Waals surface area contributed by atoms with Crippen LogP contribution >= 0.6 is 12.6 Å². The van der Waals surface area contributed by atoms with Crippen LogP contribution in [0.3, 0.4) is 0 Å². The summed E-state index contributed by atoms with van der Waals surface area (Å²) < 4.78 is 40.2. The molecule has 0 amide bonds. The number of nitrogens with two attached hydrogens (primary N) is 1. The summed E-state index contributed by atoms with van der Waals surface area (Å²) in [6.45, 7) is 5.70. The van der Waals surface area contributed by atoms with E-state index >= 15 is 0 Å². The number of nitrogens with zero attached hydrogens (tertiary/aromatic N) is 1. The smallest absolute Gasteiger partial charge is 0.394 e. The van der Waals surface area contributed by atoms with Gasteiger partial charge in [0.05, 0.1) is 0 Å². The van der Waals surface area contributed by atoms with Gasteiger partial charge in [0.2, 0.25) is 0 Å². The maximum Gasteiger partial charge on any atom is 0.431 e. The predicted octanol–water partition coefficient (Wildman–Crippen LogP) is 5.60. The molecular formula is C21H28F3N3S. The molecule has 1 saturated carbocycles. The molecule has 0 saturated heterocycles. The van der Waals surface area contributed by atoms with Gasteiger partial charge in [0, 0.05) is 35.5 Å². The van der Waals surface area contributed by atoms with Crippen LogP contribution in [0.15, 0.2) is 39.4 Å². The van der Waals surface area contributed by atoms with E-state index in [1.54, 1.807) is 13.8 Å². The minimum Gasteiger partial charge on any atom is -0.394 e. The standard InChI is InChI=1S/C21H28F3N3S/c1-5-12-9-15(18(12)13-7-6-8-17(28)14(13)10-25)20(2,3)16(11-27-4)19(26)21(22,23)24/h6-8,10-12,15,18,25,28H,5,9,26H2,1-4H3/b19-16+,25-10?,27-11?. The van der Waals surface area contributed by atoms with Gasteiger partial charge in [-0.2, -0.15) is 13.2 Å². The highest BCUT2D eigenvalue weighted by molar-refractivity contribution is 7.80. The Morgan fingerprint density at radius 2 is 2.00 bits per heavy atom. The van der Waals surface area contributed by atoms with Crippen LogP contribution in [0, 0.1) is 22.7 Å². The zero-order valence-corrected chi connectivity index (χ0v) is 17.5. The molecule has 3 atom stereocenters. The molecule has 3 unspecified atom stereocenters. The quantitative estimate of drug-likeness (QED) is 0.414. The molecule has 1 aliphatic rings. The normalized spacial score (nSPS) is 24.1. The molecule has 1 aromatic rings. The molecule has 154 valence electrons. The van der Waals surface area contributed by atoms with Crippen LogP contribution in [0.1, 0.15) is 50.7 Å². The van der Waals surface area contributed by atoms with E-state index in [0.29, 0.717) is 10.8 Å². The number of nitrogens with one attached hydrogen (secondary N) is 1. The van der Waals surface area contributed by atoms with Crippen molar-refractivity contribution in [3.8, 4) is 0 Å². The lowest BCUT2D eigenvalue weighted by Gasteiger charge is -2.53. The lowest BCUT2D eigenvalue weighted by molar-refractivity contribution is -0.0948. The van der Waals surface area contributed by atoms with Crippen LogP contribution in [0.2, 0.25) is 0 Å². The summed E-state index contributed by atoms with van der Waals surface area (Å²) in [6.07, 6.45) is -0.370. The molecule has 0 spiro atoms. The second kappa shape index (κ2) is 8.31. The highest BCUT2D eigenvalue weighted by atomic mass is 32.1. The molecule has 0 radical (unpaired) electrons. The summed E-state index contributed by atoms with van der Waals surface area (Å²) >= 11 is 4.46. The number of rotatable bonds is 6. The third-order valence-corrected chi connectivity index (χ3v) is 6.51. The summed E-state index contributed by atoms with van der Waals surface area (Å²) in [5.41, 5.74) is 5.33. The molecule has 3 nitrogen and oxygen atoms in total. The Hall–Kier alpha value is -1.76. The SMILES string of the molecule is CCC1CC(C(C)(C)/C(C=NC)=C(/N)C(F)(F)F)C1c1cccc(S)c1C=N. The van der Waals surface area contributed by atoms with Crippen molar-refractivity contribution in [2.75, 3.05) is 7.05 Å². The maximum absolute atomic E-state index is 13.4. The number of allylic oxidation sites excluding steroid dienone is 2. The Kier molecular flexibility index (Phi) is 6.69. The molecule has 1 aliphatic carbocycles. The summed E-state index contributed by atoms with van der Waals surface area (Å²) in [5.74, 6) is 0.315. The van der Waals surface area contributed by atoms with Crippen molar-refractivity contribution in [2.24, 2.45) is 28.0 Å². The first kappa shape index (κ1) is 22.5. The van der Waals surface area contributed by atoms with E-state index in [-0.39, 0.29) is 17.4 Å². The fourth-order valence-electron chi connectivity index (χ4n) is 4.47. The second-order valence-corrected chi connectivity index (χ2v) is 8.38. The van der Waals surface area contributed by atoms with Gasteiger partial charge in [-0.25, -0.2) is 0 Å². The molecule has 28 heavy (non-hydrogen) atoms. The molecule has 1 aromatic carbocycles. The van der Waals surface area contributed by atoms with Crippen LogP contribution in [0.4, 0.5) is 13.2 Å². The van der Waals surface area contributed by atoms with Gasteiger partial charge in [0.15, 0.2) is 0 Å². The minimum atomic E-state index is -4.61. The van der Waals surface area contributed by atoms with Crippen molar-refractivity contribution in [1.29, 1.82) is 5.41 Å². The first-order chi connectivity index (χ1) is 13.0. The molecule has 3 N–H and O–H groups in total. The van der Waals surface area contributed by atoms with Crippen molar-refractivity contribution in [2.45, 2.75) is 50.6 Å². The van der Waals surface area contributed by atoms with Crippen molar-refractivity contribution in [3.05, 3.63) is 40.6 Å². The summed E-state index contributed by atoms with van der Waals surface area (Å²) in [7, 11) is 1.45. The monoisotopic (exact) mass is 411 g/mol. The van der Waals surface area contributed by atoms with Crippen LogP contribution < -0.4 is 5.73 Å². The molecule has 0 aromatic heterocycles. The van der Waals surface area contributed by atoms with Gasteiger partial charge in [0.25, 0.3) is 0 Å². The van der Waals surface area contributed by atoms with E-state index < -0.39 is 17.3 Å². The molecule has 1 fully saturated rings. The fourth-order valence-corrected chi connectivity index (χ4v) is 4.75. The number of halogens is 3. The van der Waals surface area contributed by atoms with Gasteiger partial charge in [0.1, 0.15) is 5.70 Å². The zero-order valence-electron chi connectivity index (χ0n) is 16.6. The van der Waals surface area contributed by atoms with Crippen LogP contribution in [-0.2, 0) is 0 Å². The minimum absolute atomic E-state index is 0.0190. The number of benzene rings is 1. The molecular weight excluding hydrogens is 383 g/mol. The topological polar surface area (TPSA) is 62.2 Å². The van der Waals surface area contributed by atoms with E-state index in [9.17, 15) is 13.2 Å². The number of hydrogen-bond acceptors (Lipinski definition) is 4. The van der Waals surface area contributed by atoms with E-state index in [1.807, 2.05) is 18.2 Å². The van der Waals surface area contributed by atoms with Crippen LogP contribution in [0.25, 0.3) is 0 Å². The highest BCUT2D eigenvalue weighted by Gasteiger charge is 2.51. The van der Waals surface area contributed by atoms with Crippen LogP contribution in [0.5, 0.6) is 0 Å². The number of thiol groups is 1. The largest absolute Gasteiger partial charge is 0.431 e. The number of aliphatic imine (C=N–C) groups is 1. The fraction of sp³-hybridized carbons (Fsp3) is 0.524. The van der Waals surface area contributed by atoms with Crippen molar-refractivity contribution in [1.82, 2.24) is 0 Å². The predicted molar refractivity (Wildman–Crippen MR) is 112 cm³/mol. The third kappa shape index (κ3) is 4.00.